The van der Waals surface area contributed by atoms with Crippen molar-refractivity contribution in [2.24, 2.45) is 0 Å². The first-order chi connectivity index (χ1) is 14.2. The van der Waals surface area contributed by atoms with Gasteiger partial charge in [0.2, 0.25) is 5.78 Å². The zero-order chi connectivity index (χ0) is 21.2. The van der Waals surface area contributed by atoms with Crippen LogP contribution in [0.3, 0.4) is 0 Å². The van der Waals surface area contributed by atoms with E-state index in [1.54, 1.807) is 13.0 Å². The smallest absolute Gasteiger partial charge is 0.356 e. The topological polar surface area (TPSA) is 52.6 Å². The van der Waals surface area contributed by atoms with Crippen LogP contribution in [0.5, 0.6) is 0 Å². The molecule has 1 heterocycles. The zero-order valence-electron chi connectivity index (χ0n) is 17.9. The van der Waals surface area contributed by atoms with Crippen LogP contribution in [0.4, 0.5) is 0 Å². The van der Waals surface area contributed by atoms with Gasteiger partial charge in [0.05, 0.1) is 6.26 Å². The first kappa shape index (κ1) is 24.7. The van der Waals surface area contributed by atoms with Crippen LogP contribution in [0.2, 0.25) is 0 Å². The maximum atomic E-state index is 12.1. The Labute approximate surface area is 176 Å². The van der Waals surface area contributed by atoms with E-state index in [0.29, 0.717) is 12.8 Å². The van der Waals surface area contributed by atoms with Crippen molar-refractivity contribution in [1.82, 2.24) is 0 Å². The SMILES string of the molecule is CC=COC1C(=O)O[C@H](CCC=CCC=CCC=CCC=CCCCCC)C1=O. The van der Waals surface area contributed by atoms with Crippen molar-refractivity contribution in [2.45, 2.75) is 83.8 Å². The minimum Gasteiger partial charge on any atom is -0.479 e. The van der Waals surface area contributed by atoms with Crippen molar-refractivity contribution in [3.63, 3.8) is 0 Å². The number of ether oxygens (including phenoxy) is 2. The standard InChI is InChI=1S/C25H36O4/c1-3-5-6-7-8-9-10-11-12-13-14-15-16-17-18-19-20-22-23(26)24(25(27)29-22)28-21-4-2/h4,8-9,11-12,14-15,17-18,21-22,24H,3,5-7,10,13,16,19-20H2,1-2H3/t22-,24?/m1/s1. The van der Waals surface area contributed by atoms with Crippen molar-refractivity contribution in [3.8, 4) is 0 Å². The molecule has 0 aromatic carbocycles. The van der Waals surface area contributed by atoms with Crippen LogP contribution < -0.4 is 0 Å². The van der Waals surface area contributed by atoms with Crippen LogP contribution in [0.25, 0.3) is 0 Å². The molecule has 1 unspecified atom stereocenters. The van der Waals surface area contributed by atoms with Crippen LogP contribution in [0, 0.1) is 0 Å². The monoisotopic (exact) mass is 400 g/mol. The summed E-state index contributed by atoms with van der Waals surface area (Å²) in [5.41, 5.74) is 0. The second kappa shape index (κ2) is 16.6. The van der Waals surface area contributed by atoms with Crippen molar-refractivity contribution in [3.05, 3.63) is 60.9 Å². The minimum atomic E-state index is -1.10. The Kier molecular flexibility index (Phi) is 14.1. The van der Waals surface area contributed by atoms with Gasteiger partial charge in [-0.05, 0) is 51.9 Å². The third kappa shape index (κ3) is 11.3. The number of allylic oxidation sites excluding steroid dienone is 9. The molecule has 0 aromatic rings. The van der Waals surface area contributed by atoms with Gasteiger partial charge in [0, 0.05) is 0 Å². The fourth-order valence-corrected chi connectivity index (χ4v) is 2.83. The molecule has 4 heteroatoms. The molecule has 1 aliphatic heterocycles. The lowest BCUT2D eigenvalue weighted by Gasteiger charge is -2.04. The van der Waals surface area contributed by atoms with Gasteiger partial charge < -0.3 is 9.47 Å². The molecule has 1 rings (SSSR count). The normalized spacial score (nSPS) is 20.3. The van der Waals surface area contributed by atoms with Gasteiger partial charge in [0.15, 0.2) is 6.10 Å². The van der Waals surface area contributed by atoms with E-state index < -0.39 is 18.2 Å². The van der Waals surface area contributed by atoms with Gasteiger partial charge in [0.25, 0.3) is 6.10 Å². The van der Waals surface area contributed by atoms with Crippen LogP contribution in [0.15, 0.2) is 60.9 Å². The van der Waals surface area contributed by atoms with E-state index in [9.17, 15) is 9.59 Å². The summed E-state index contributed by atoms with van der Waals surface area (Å²) in [4.78, 5) is 23.7. The Bertz CT molecular complexity index is 610. The van der Waals surface area contributed by atoms with E-state index in [1.165, 1.54) is 31.9 Å². The summed E-state index contributed by atoms with van der Waals surface area (Å²) < 4.78 is 10.2. The lowest BCUT2D eigenvalue weighted by Crippen LogP contribution is -2.26. The van der Waals surface area contributed by atoms with Crippen LogP contribution >= 0.6 is 0 Å². The van der Waals surface area contributed by atoms with Crippen molar-refractivity contribution in [1.29, 1.82) is 0 Å². The molecule has 160 valence electrons. The number of cyclic esters (lactones) is 1. The van der Waals surface area contributed by atoms with Gasteiger partial charge in [-0.3, -0.25) is 4.79 Å². The summed E-state index contributed by atoms with van der Waals surface area (Å²) in [6.07, 6.45) is 27.5. The fraction of sp³-hybridized carbons (Fsp3) is 0.520. The molecule has 0 saturated carbocycles. The van der Waals surface area contributed by atoms with Crippen molar-refractivity contribution in [2.75, 3.05) is 0 Å². The quantitative estimate of drug-likeness (QED) is 0.109. The number of Topliss-reactive ketones (excluding diaryl/α,β-unsaturated/α-hetero) is 1. The molecule has 29 heavy (non-hydrogen) atoms. The summed E-state index contributed by atoms with van der Waals surface area (Å²) >= 11 is 0. The van der Waals surface area contributed by atoms with Crippen LogP contribution in [-0.4, -0.2) is 24.0 Å². The number of carbonyl (C=O) groups excluding carboxylic acids is 2. The van der Waals surface area contributed by atoms with Gasteiger partial charge in [-0.1, -0.05) is 74.4 Å². The number of esters is 1. The fourth-order valence-electron chi connectivity index (χ4n) is 2.83. The predicted molar refractivity (Wildman–Crippen MR) is 118 cm³/mol. The molecule has 1 fully saturated rings. The van der Waals surface area contributed by atoms with E-state index in [2.05, 4.69) is 49.5 Å². The highest BCUT2D eigenvalue weighted by atomic mass is 16.6. The van der Waals surface area contributed by atoms with E-state index in [0.717, 1.165) is 19.3 Å². The maximum Gasteiger partial charge on any atom is 0.356 e. The molecule has 0 N–H and O–H groups in total. The number of unbranched alkanes of at least 4 members (excludes halogenated alkanes) is 3. The molecule has 1 aliphatic rings. The lowest BCUT2D eigenvalue weighted by atomic mass is 10.1. The highest BCUT2D eigenvalue weighted by Gasteiger charge is 2.44. The first-order valence-electron chi connectivity index (χ1n) is 10.8. The molecule has 0 amide bonds. The molecule has 0 aromatic heterocycles. The molecule has 1 saturated heterocycles. The van der Waals surface area contributed by atoms with Gasteiger partial charge in [0.1, 0.15) is 0 Å². The van der Waals surface area contributed by atoms with Gasteiger partial charge in [-0.15, -0.1) is 0 Å². The van der Waals surface area contributed by atoms with Crippen molar-refractivity contribution < 1.29 is 19.1 Å². The molecular formula is C25H36O4. The van der Waals surface area contributed by atoms with E-state index in [4.69, 9.17) is 9.47 Å². The number of carbonyl (C=O) groups is 2. The van der Waals surface area contributed by atoms with E-state index >= 15 is 0 Å². The average Bonchev–Trinajstić information content (AvgIpc) is 2.99. The summed E-state index contributed by atoms with van der Waals surface area (Å²) in [6.45, 7) is 3.98. The Morgan fingerprint density at radius 2 is 1.45 bits per heavy atom. The number of rotatable bonds is 15. The van der Waals surface area contributed by atoms with Crippen LogP contribution in [0.1, 0.15) is 71.6 Å². The summed E-state index contributed by atoms with van der Waals surface area (Å²) in [6, 6.07) is 0. The second-order valence-corrected chi connectivity index (χ2v) is 6.98. The highest BCUT2D eigenvalue weighted by molar-refractivity contribution is 6.09. The summed E-state index contributed by atoms with van der Waals surface area (Å²) in [5, 5.41) is 0. The largest absolute Gasteiger partial charge is 0.479 e. The molecule has 0 aliphatic carbocycles. The molecule has 0 radical (unpaired) electrons. The Morgan fingerprint density at radius 1 is 0.862 bits per heavy atom. The number of hydrogen-bond acceptors (Lipinski definition) is 4. The molecule has 0 spiro atoms. The second-order valence-electron chi connectivity index (χ2n) is 6.98. The Morgan fingerprint density at radius 3 is 2.03 bits per heavy atom. The Balaban J connectivity index is 2.08. The molecule has 4 nitrogen and oxygen atoms in total. The lowest BCUT2D eigenvalue weighted by molar-refractivity contribution is -0.147. The predicted octanol–water partition coefficient (Wildman–Crippen LogP) is 6.16. The van der Waals surface area contributed by atoms with Gasteiger partial charge >= 0.3 is 5.97 Å². The minimum absolute atomic E-state index is 0.288. The van der Waals surface area contributed by atoms with Gasteiger partial charge in [-0.25, -0.2) is 4.79 Å². The van der Waals surface area contributed by atoms with Crippen LogP contribution in [-0.2, 0) is 19.1 Å². The molecule has 2 atom stereocenters. The summed E-state index contributed by atoms with van der Waals surface area (Å²) in [7, 11) is 0. The third-order valence-electron chi connectivity index (χ3n) is 4.45. The number of hydrogen-bond donors (Lipinski definition) is 0. The van der Waals surface area contributed by atoms with Crippen molar-refractivity contribution >= 4 is 11.8 Å². The van der Waals surface area contributed by atoms with Gasteiger partial charge in [-0.2, -0.15) is 0 Å². The third-order valence-corrected chi connectivity index (χ3v) is 4.45. The molecule has 0 bridgehead atoms. The van der Waals surface area contributed by atoms with E-state index in [1.807, 2.05) is 6.08 Å². The first-order valence-corrected chi connectivity index (χ1v) is 10.8. The van der Waals surface area contributed by atoms with E-state index in [-0.39, 0.29) is 5.78 Å². The Hall–Kier alpha value is -2.36. The summed E-state index contributed by atoms with van der Waals surface area (Å²) in [5.74, 6) is -0.881. The molecular weight excluding hydrogens is 364 g/mol. The number of ketones is 1. The zero-order valence-corrected chi connectivity index (χ0v) is 17.9. The highest BCUT2D eigenvalue weighted by Crippen LogP contribution is 2.19. The average molecular weight is 401 g/mol. The maximum absolute atomic E-state index is 12.1.